The summed E-state index contributed by atoms with van der Waals surface area (Å²) in [7, 11) is 0. The van der Waals surface area contributed by atoms with Crippen molar-refractivity contribution in [2.45, 2.75) is 24.3 Å². The van der Waals surface area contributed by atoms with Crippen LogP contribution in [0.3, 0.4) is 0 Å². The number of aromatic amines is 1. The van der Waals surface area contributed by atoms with Crippen LogP contribution in [0.4, 0.5) is 5.69 Å². The second-order valence-corrected chi connectivity index (χ2v) is 5.74. The smallest absolute Gasteiger partial charge is 0.166 e. The van der Waals surface area contributed by atoms with Gasteiger partial charge in [-0.3, -0.25) is 0 Å². The summed E-state index contributed by atoms with van der Waals surface area (Å²) in [4.78, 5) is 7.98. The molecule has 3 rings (SSSR count). The highest BCUT2D eigenvalue weighted by Gasteiger charge is 2.04. The molecule has 0 saturated carbocycles. The van der Waals surface area contributed by atoms with E-state index >= 15 is 0 Å². The van der Waals surface area contributed by atoms with Gasteiger partial charge in [0.2, 0.25) is 0 Å². The molecule has 1 heterocycles. The minimum absolute atomic E-state index is 0.801. The number of nitrogens with zero attached hydrogens (tertiary/aromatic N) is 1. The van der Waals surface area contributed by atoms with Crippen molar-refractivity contribution in [1.82, 2.24) is 9.97 Å². The number of imidazole rings is 1. The summed E-state index contributed by atoms with van der Waals surface area (Å²) in [5, 5.41) is 0.963. The van der Waals surface area contributed by atoms with Crippen LogP contribution in [0.25, 0.3) is 11.0 Å². The van der Waals surface area contributed by atoms with Crippen molar-refractivity contribution in [2.75, 3.05) is 5.73 Å². The van der Waals surface area contributed by atoms with Crippen LogP contribution in [0.15, 0.2) is 47.6 Å². The second kappa shape index (κ2) is 5.59. The first-order valence-electron chi connectivity index (χ1n) is 6.70. The summed E-state index contributed by atoms with van der Waals surface area (Å²) >= 11 is 1.71. The lowest BCUT2D eigenvalue weighted by Gasteiger charge is -1.99. The van der Waals surface area contributed by atoms with Gasteiger partial charge in [0.1, 0.15) is 0 Å². The Morgan fingerprint density at radius 3 is 2.60 bits per heavy atom. The highest BCUT2D eigenvalue weighted by molar-refractivity contribution is 7.98. The topological polar surface area (TPSA) is 54.7 Å². The molecule has 0 fully saturated rings. The second-order valence-electron chi connectivity index (χ2n) is 4.78. The number of fused-ring (bicyclic) bond motifs is 1. The number of nitrogens with two attached hydrogens (primary N) is 1. The van der Waals surface area contributed by atoms with Gasteiger partial charge in [0.05, 0.1) is 11.0 Å². The molecule has 3 aromatic rings. The van der Waals surface area contributed by atoms with Crippen LogP contribution in [0.1, 0.15) is 18.1 Å². The normalized spacial score (nSPS) is 11.1. The van der Waals surface area contributed by atoms with E-state index in [-0.39, 0.29) is 0 Å². The van der Waals surface area contributed by atoms with E-state index in [4.69, 9.17) is 5.73 Å². The number of nitrogens with one attached hydrogen (secondary N) is 1. The van der Waals surface area contributed by atoms with Crippen molar-refractivity contribution in [3.05, 3.63) is 53.6 Å². The number of thioether (sulfide) groups is 1. The Labute approximate surface area is 122 Å². The predicted molar refractivity (Wildman–Crippen MR) is 85.9 cm³/mol. The molecule has 0 amide bonds. The highest BCUT2D eigenvalue weighted by atomic mass is 32.2. The Morgan fingerprint density at radius 2 is 1.85 bits per heavy atom. The number of hydrogen-bond donors (Lipinski definition) is 2. The summed E-state index contributed by atoms with van der Waals surface area (Å²) in [6, 6.07) is 14.4. The standard InChI is InChI=1S/C16H17N3S/c1-2-11-5-8-14-15(9-11)19-16(18-14)20-10-12-3-6-13(17)7-4-12/h3-9H,2,10,17H2,1H3,(H,18,19). The fourth-order valence-corrected chi connectivity index (χ4v) is 2.93. The fourth-order valence-electron chi connectivity index (χ4n) is 2.09. The molecule has 102 valence electrons. The fraction of sp³-hybridized carbons (Fsp3) is 0.188. The zero-order valence-corrected chi connectivity index (χ0v) is 12.2. The van der Waals surface area contributed by atoms with Gasteiger partial charge in [0, 0.05) is 11.4 Å². The molecule has 2 aromatic carbocycles. The van der Waals surface area contributed by atoms with Crippen LogP contribution in [0.2, 0.25) is 0 Å². The predicted octanol–water partition coefficient (Wildman–Crippen LogP) is 4.00. The molecule has 1 aromatic heterocycles. The zero-order valence-electron chi connectivity index (χ0n) is 11.4. The van der Waals surface area contributed by atoms with Crippen LogP contribution in [-0.2, 0) is 12.2 Å². The first-order valence-corrected chi connectivity index (χ1v) is 7.69. The van der Waals surface area contributed by atoms with Crippen LogP contribution in [0.5, 0.6) is 0 Å². The van der Waals surface area contributed by atoms with Gasteiger partial charge in [-0.2, -0.15) is 0 Å². The SMILES string of the molecule is CCc1ccc2nc(SCc3ccc(N)cc3)[nH]c2c1. The van der Waals surface area contributed by atoms with E-state index in [0.29, 0.717) is 0 Å². The lowest BCUT2D eigenvalue weighted by atomic mass is 10.1. The van der Waals surface area contributed by atoms with E-state index in [1.54, 1.807) is 11.8 Å². The molecule has 3 N–H and O–H groups in total. The Bertz CT molecular complexity index is 716. The van der Waals surface area contributed by atoms with Crippen LogP contribution in [-0.4, -0.2) is 9.97 Å². The van der Waals surface area contributed by atoms with E-state index in [1.807, 2.05) is 12.1 Å². The van der Waals surface area contributed by atoms with Crippen molar-refractivity contribution < 1.29 is 0 Å². The Kier molecular flexibility index (Phi) is 3.65. The molecule has 4 heteroatoms. The van der Waals surface area contributed by atoms with Gasteiger partial charge in [0.25, 0.3) is 0 Å². The Morgan fingerprint density at radius 1 is 1.10 bits per heavy atom. The van der Waals surface area contributed by atoms with E-state index in [9.17, 15) is 0 Å². The average Bonchev–Trinajstić information content (AvgIpc) is 2.88. The van der Waals surface area contributed by atoms with E-state index in [1.165, 1.54) is 11.1 Å². The lowest BCUT2D eigenvalue weighted by Crippen LogP contribution is -1.86. The number of benzene rings is 2. The quantitative estimate of drug-likeness (QED) is 0.562. The third-order valence-electron chi connectivity index (χ3n) is 3.29. The van der Waals surface area contributed by atoms with E-state index in [2.05, 4.69) is 47.2 Å². The number of hydrogen-bond acceptors (Lipinski definition) is 3. The van der Waals surface area contributed by atoms with Crippen molar-refractivity contribution in [3.63, 3.8) is 0 Å². The van der Waals surface area contributed by atoms with Crippen LogP contribution >= 0.6 is 11.8 Å². The molecule has 0 aliphatic heterocycles. The van der Waals surface area contributed by atoms with Gasteiger partial charge < -0.3 is 10.7 Å². The lowest BCUT2D eigenvalue weighted by molar-refractivity contribution is 1.08. The minimum atomic E-state index is 0.801. The van der Waals surface area contributed by atoms with Gasteiger partial charge in [-0.1, -0.05) is 36.9 Å². The number of aromatic nitrogens is 2. The van der Waals surface area contributed by atoms with Crippen molar-refractivity contribution in [3.8, 4) is 0 Å². The Balaban J connectivity index is 1.75. The molecule has 0 aliphatic rings. The van der Waals surface area contributed by atoms with Gasteiger partial charge in [-0.25, -0.2) is 4.98 Å². The summed E-state index contributed by atoms with van der Waals surface area (Å²) in [6.45, 7) is 2.16. The third-order valence-corrected chi connectivity index (χ3v) is 4.23. The zero-order chi connectivity index (χ0) is 13.9. The molecular formula is C16H17N3S. The summed E-state index contributed by atoms with van der Waals surface area (Å²) in [5.74, 6) is 0.890. The van der Waals surface area contributed by atoms with Crippen molar-refractivity contribution in [1.29, 1.82) is 0 Å². The molecule has 3 nitrogen and oxygen atoms in total. The highest BCUT2D eigenvalue weighted by Crippen LogP contribution is 2.24. The van der Waals surface area contributed by atoms with Crippen LogP contribution in [0, 0.1) is 0 Å². The maximum atomic E-state index is 5.69. The summed E-state index contributed by atoms with van der Waals surface area (Å²) in [5.41, 5.74) is 11.2. The molecule has 0 saturated heterocycles. The number of anilines is 1. The maximum Gasteiger partial charge on any atom is 0.166 e. The molecule has 20 heavy (non-hydrogen) atoms. The first-order chi connectivity index (χ1) is 9.74. The molecule has 0 atom stereocenters. The monoisotopic (exact) mass is 283 g/mol. The molecule has 0 bridgehead atoms. The molecule has 0 unspecified atom stereocenters. The van der Waals surface area contributed by atoms with Crippen LogP contribution < -0.4 is 5.73 Å². The number of aryl methyl sites for hydroxylation is 1. The third kappa shape index (κ3) is 2.80. The summed E-state index contributed by atoms with van der Waals surface area (Å²) < 4.78 is 0. The summed E-state index contributed by atoms with van der Waals surface area (Å²) in [6.07, 6.45) is 1.04. The number of H-pyrrole nitrogens is 1. The molecule has 0 radical (unpaired) electrons. The minimum Gasteiger partial charge on any atom is -0.399 e. The Hall–Kier alpha value is -1.94. The average molecular weight is 283 g/mol. The van der Waals surface area contributed by atoms with Gasteiger partial charge in [-0.05, 0) is 41.8 Å². The number of nitrogen functional groups attached to an aromatic ring is 1. The molecule has 0 aliphatic carbocycles. The van der Waals surface area contributed by atoms with E-state index in [0.717, 1.165) is 34.1 Å². The molecule has 0 spiro atoms. The molecular weight excluding hydrogens is 266 g/mol. The number of rotatable bonds is 4. The largest absolute Gasteiger partial charge is 0.399 e. The van der Waals surface area contributed by atoms with Crippen molar-refractivity contribution in [2.24, 2.45) is 0 Å². The van der Waals surface area contributed by atoms with Crippen molar-refractivity contribution >= 4 is 28.5 Å². The maximum absolute atomic E-state index is 5.69. The van der Waals surface area contributed by atoms with Gasteiger partial charge in [0.15, 0.2) is 5.16 Å². The van der Waals surface area contributed by atoms with E-state index < -0.39 is 0 Å². The van der Waals surface area contributed by atoms with Gasteiger partial charge >= 0.3 is 0 Å². The van der Waals surface area contributed by atoms with Gasteiger partial charge in [-0.15, -0.1) is 0 Å². The first kappa shape index (κ1) is 13.1.